The lowest BCUT2D eigenvalue weighted by Crippen LogP contribution is -2.11. The van der Waals surface area contributed by atoms with Crippen molar-refractivity contribution in [2.45, 2.75) is 0 Å². The highest BCUT2D eigenvalue weighted by Gasteiger charge is 2.19. The number of rotatable bonds is 5. The number of amides is 1. The van der Waals surface area contributed by atoms with Crippen LogP contribution in [-0.4, -0.2) is 23.0 Å². The van der Waals surface area contributed by atoms with E-state index in [4.69, 9.17) is 15.5 Å². The molecular weight excluding hydrogens is 440 g/mol. The van der Waals surface area contributed by atoms with Crippen molar-refractivity contribution in [2.75, 3.05) is 18.2 Å². The highest BCUT2D eigenvalue weighted by molar-refractivity contribution is 7.21. The first-order valence-electron chi connectivity index (χ1n) is 9.78. The lowest BCUT2D eigenvalue weighted by molar-refractivity contribution is 0.103. The third-order valence-electron chi connectivity index (χ3n) is 4.98. The number of thiophene rings is 1. The average Bonchev–Trinajstić information content (AvgIpc) is 3.44. The third-order valence-corrected chi connectivity index (χ3v) is 6.85. The summed E-state index contributed by atoms with van der Waals surface area (Å²) in [4.78, 5) is 23.3. The number of fused-ring (bicyclic) bond motifs is 1. The van der Waals surface area contributed by atoms with Crippen LogP contribution in [0.15, 0.2) is 72.1 Å². The Morgan fingerprint density at radius 1 is 0.938 bits per heavy atom. The Kier molecular flexibility index (Phi) is 5.30. The van der Waals surface area contributed by atoms with Crippen molar-refractivity contribution in [3.63, 3.8) is 0 Å². The van der Waals surface area contributed by atoms with Gasteiger partial charge in [-0.05, 0) is 36.4 Å². The fourth-order valence-corrected chi connectivity index (χ4v) is 5.02. The molecule has 0 aliphatic heterocycles. The summed E-state index contributed by atoms with van der Waals surface area (Å²) in [5.41, 5.74) is 10.3. The van der Waals surface area contributed by atoms with Crippen LogP contribution < -0.4 is 15.8 Å². The van der Waals surface area contributed by atoms with E-state index in [-0.39, 0.29) is 5.91 Å². The Bertz CT molecular complexity index is 1410. The number of aromatic nitrogens is 2. The number of thiazole rings is 1. The molecule has 0 spiro atoms. The highest BCUT2D eigenvalue weighted by atomic mass is 32.1. The van der Waals surface area contributed by atoms with E-state index >= 15 is 0 Å². The number of ether oxygens (including phenoxy) is 1. The number of pyridine rings is 1. The lowest BCUT2D eigenvalue weighted by Gasteiger charge is -2.01. The molecular formula is C24H18N4O2S2. The minimum atomic E-state index is -0.289. The molecule has 0 fully saturated rings. The fraction of sp³-hybridized carbons (Fsp3) is 0.0417. The predicted octanol–water partition coefficient (Wildman–Crippen LogP) is 5.93. The van der Waals surface area contributed by atoms with Crippen molar-refractivity contribution in [3.05, 3.63) is 77.0 Å². The van der Waals surface area contributed by atoms with E-state index in [1.54, 1.807) is 7.11 Å². The molecule has 6 nitrogen and oxygen atoms in total. The van der Waals surface area contributed by atoms with Gasteiger partial charge in [-0.3, -0.25) is 10.1 Å². The maximum absolute atomic E-state index is 12.9. The van der Waals surface area contributed by atoms with E-state index in [0.717, 1.165) is 38.5 Å². The summed E-state index contributed by atoms with van der Waals surface area (Å²) in [6.07, 6.45) is 0. The first-order valence-corrected chi connectivity index (χ1v) is 11.5. The van der Waals surface area contributed by atoms with Crippen molar-refractivity contribution < 1.29 is 9.53 Å². The molecule has 0 unspecified atom stereocenters. The Hall–Kier alpha value is -3.75. The zero-order valence-electron chi connectivity index (χ0n) is 17.0. The Morgan fingerprint density at radius 3 is 2.44 bits per heavy atom. The number of carbonyl (C=O) groups excluding carboxylic acids is 1. The van der Waals surface area contributed by atoms with Gasteiger partial charge in [0.15, 0.2) is 5.13 Å². The first kappa shape index (κ1) is 20.2. The Labute approximate surface area is 192 Å². The number of anilines is 2. The number of hydrogen-bond acceptors (Lipinski definition) is 7. The van der Waals surface area contributed by atoms with E-state index in [1.165, 1.54) is 22.7 Å². The number of nitrogens with one attached hydrogen (secondary N) is 1. The van der Waals surface area contributed by atoms with Crippen molar-refractivity contribution in [1.29, 1.82) is 0 Å². The van der Waals surface area contributed by atoms with Gasteiger partial charge < -0.3 is 10.5 Å². The number of methoxy groups -OCH3 is 1. The summed E-state index contributed by atoms with van der Waals surface area (Å²) in [5, 5.41) is 6.05. The minimum Gasteiger partial charge on any atom is -0.497 e. The van der Waals surface area contributed by atoms with Crippen molar-refractivity contribution in [3.8, 4) is 28.3 Å². The fourth-order valence-electron chi connectivity index (χ4n) is 3.31. The van der Waals surface area contributed by atoms with Crippen molar-refractivity contribution in [2.24, 2.45) is 0 Å². The van der Waals surface area contributed by atoms with Gasteiger partial charge in [-0.15, -0.1) is 22.7 Å². The van der Waals surface area contributed by atoms with Crippen molar-refractivity contribution >= 4 is 49.6 Å². The Balaban J connectivity index is 1.39. The van der Waals surface area contributed by atoms with Gasteiger partial charge in [0.2, 0.25) is 0 Å². The van der Waals surface area contributed by atoms with Gasteiger partial charge in [0, 0.05) is 21.9 Å². The van der Waals surface area contributed by atoms with Crippen LogP contribution in [-0.2, 0) is 0 Å². The predicted molar refractivity (Wildman–Crippen MR) is 132 cm³/mol. The van der Waals surface area contributed by atoms with Crippen molar-refractivity contribution in [1.82, 2.24) is 9.97 Å². The monoisotopic (exact) mass is 458 g/mol. The molecule has 158 valence electrons. The van der Waals surface area contributed by atoms with Crippen LogP contribution in [0.4, 0.5) is 10.8 Å². The average molecular weight is 459 g/mol. The van der Waals surface area contributed by atoms with Gasteiger partial charge in [-0.2, -0.15) is 0 Å². The van der Waals surface area contributed by atoms with E-state index in [2.05, 4.69) is 10.3 Å². The summed E-state index contributed by atoms with van der Waals surface area (Å²) >= 11 is 2.65. The largest absolute Gasteiger partial charge is 0.497 e. The maximum atomic E-state index is 12.9. The van der Waals surface area contributed by atoms with Gasteiger partial charge in [-0.1, -0.05) is 30.3 Å². The van der Waals surface area contributed by atoms with E-state index in [9.17, 15) is 4.79 Å². The summed E-state index contributed by atoms with van der Waals surface area (Å²) < 4.78 is 5.19. The van der Waals surface area contributed by atoms with E-state index in [1.807, 2.05) is 72.1 Å². The topological polar surface area (TPSA) is 90.1 Å². The van der Waals surface area contributed by atoms with Gasteiger partial charge in [0.1, 0.15) is 15.5 Å². The molecule has 3 N–H and O–H groups in total. The smallest absolute Gasteiger partial charge is 0.269 e. The van der Waals surface area contributed by atoms with Gasteiger partial charge in [0.05, 0.1) is 24.2 Å². The minimum absolute atomic E-state index is 0.289. The first-order chi connectivity index (χ1) is 15.6. The number of nitrogens with two attached hydrogens (primary N) is 1. The third kappa shape index (κ3) is 3.81. The zero-order chi connectivity index (χ0) is 22.1. The number of benzene rings is 2. The molecule has 5 rings (SSSR count). The highest BCUT2D eigenvalue weighted by Crippen LogP contribution is 2.35. The molecule has 0 aliphatic carbocycles. The summed E-state index contributed by atoms with van der Waals surface area (Å²) in [6.45, 7) is 0. The molecule has 2 aromatic carbocycles. The zero-order valence-corrected chi connectivity index (χ0v) is 18.7. The molecule has 0 radical (unpaired) electrons. The molecule has 3 aromatic heterocycles. The molecule has 0 bridgehead atoms. The van der Waals surface area contributed by atoms with Gasteiger partial charge in [0.25, 0.3) is 5.91 Å². The summed E-state index contributed by atoms with van der Waals surface area (Å²) in [5.74, 6) is 0.490. The molecule has 0 saturated carbocycles. The summed E-state index contributed by atoms with van der Waals surface area (Å²) in [7, 11) is 1.63. The van der Waals surface area contributed by atoms with Crippen LogP contribution in [0.1, 0.15) is 9.67 Å². The van der Waals surface area contributed by atoms with E-state index in [0.29, 0.717) is 15.7 Å². The molecule has 32 heavy (non-hydrogen) atoms. The molecule has 0 saturated heterocycles. The number of nitrogens with zero attached hydrogens (tertiary/aromatic N) is 2. The second kappa shape index (κ2) is 8.41. The molecule has 1 amide bonds. The van der Waals surface area contributed by atoms with E-state index < -0.39 is 0 Å². The molecule has 3 heterocycles. The quantitative estimate of drug-likeness (QED) is 0.341. The standard InChI is InChI=1S/C24H18N4O2S2/c1-30-16-9-7-15(8-10-16)19-13-31-24(27-19)28-22(29)21-20(25)17-11-12-18(26-23(17)32-21)14-5-3-2-4-6-14/h2-13H,25H2,1H3,(H,27,28,29). The van der Waals surface area contributed by atoms with Crippen LogP contribution >= 0.6 is 22.7 Å². The number of carbonyl (C=O) groups is 1. The normalized spacial score (nSPS) is 10.9. The second-order valence-electron chi connectivity index (χ2n) is 6.98. The van der Waals surface area contributed by atoms with Crippen LogP contribution in [0.2, 0.25) is 0 Å². The maximum Gasteiger partial charge on any atom is 0.269 e. The van der Waals surface area contributed by atoms with Crippen LogP contribution in [0, 0.1) is 0 Å². The Morgan fingerprint density at radius 2 is 1.69 bits per heavy atom. The number of hydrogen-bond donors (Lipinski definition) is 2. The summed E-state index contributed by atoms with van der Waals surface area (Å²) in [6, 6.07) is 21.4. The number of nitrogen functional groups attached to an aromatic ring is 1. The molecule has 0 aliphatic rings. The van der Waals surface area contributed by atoms with Gasteiger partial charge >= 0.3 is 0 Å². The SMILES string of the molecule is COc1ccc(-c2csc(NC(=O)c3sc4nc(-c5ccccc5)ccc4c3N)n2)cc1. The second-order valence-corrected chi connectivity index (χ2v) is 8.84. The molecule has 5 aromatic rings. The van der Waals surface area contributed by atoms with Gasteiger partial charge in [-0.25, -0.2) is 9.97 Å². The molecule has 0 atom stereocenters. The molecule has 8 heteroatoms. The van der Waals surface area contributed by atoms with Crippen LogP contribution in [0.5, 0.6) is 5.75 Å². The lowest BCUT2D eigenvalue weighted by atomic mass is 10.1. The van der Waals surface area contributed by atoms with Crippen LogP contribution in [0.3, 0.4) is 0 Å². The van der Waals surface area contributed by atoms with Crippen LogP contribution in [0.25, 0.3) is 32.7 Å².